The molecule has 0 aliphatic rings. The molecule has 0 saturated carbocycles. The molecule has 2 aromatic carbocycles. The second-order valence-electron chi connectivity index (χ2n) is 4.99. The van der Waals surface area contributed by atoms with Crippen LogP contribution in [0, 0.1) is 0 Å². The van der Waals surface area contributed by atoms with Crippen LogP contribution in [0.1, 0.15) is 27.6 Å². The van der Waals surface area contributed by atoms with Crippen molar-refractivity contribution in [1.82, 2.24) is 0 Å². The van der Waals surface area contributed by atoms with Crippen LogP contribution < -0.4 is 4.74 Å². The first-order valence-corrected chi connectivity index (χ1v) is 7.25. The molecule has 0 atom stereocenters. The third-order valence-corrected chi connectivity index (χ3v) is 3.23. The largest absolute Gasteiger partial charge is 0.478 e. The molecule has 0 aliphatic carbocycles. The standard InChI is InChI=1S/C18H16O7/c1-11(19)25-12-7-8-14(17(20)21)16(9-12)13-5-3-4-6-15(13)18(22)24-10-23-2/h3-9H,10H2,1-2H3,(H,20,21). The highest BCUT2D eigenvalue weighted by Crippen LogP contribution is 2.31. The van der Waals surface area contributed by atoms with E-state index in [1.165, 1.54) is 38.3 Å². The molecule has 0 aromatic heterocycles. The number of rotatable bonds is 6. The fourth-order valence-corrected chi connectivity index (χ4v) is 2.25. The molecule has 7 nitrogen and oxygen atoms in total. The molecule has 1 N–H and O–H groups in total. The van der Waals surface area contributed by atoms with Crippen LogP contribution in [0.2, 0.25) is 0 Å². The molecule has 7 heteroatoms. The Kier molecular flexibility index (Phi) is 5.86. The van der Waals surface area contributed by atoms with E-state index in [1.807, 2.05) is 0 Å². The summed E-state index contributed by atoms with van der Waals surface area (Å²) in [6, 6.07) is 10.5. The van der Waals surface area contributed by atoms with Gasteiger partial charge in [-0.15, -0.1) is 0 Å². The summed E-state index contributed by atoms with van der Waals surface area (Å²) in [7, 11) is 1.38. The smallest absolute Gasteiger partial charge is 0.340 e. The average Bonchev–Trinajstić information content (AvgIpc) is 2.58. The van der Waals surface area contributed by atoms with Gasteiger partial charge < -0.3 is 19.3 Å². The van der Waals surface area contributed by atoms with Crippen molar-refractivity contribution in [3.05, 3.63) is 53.6 Å². The highest BCUT2D eigenvalue weighted by Gasteiger charge is 2.20. The summed E-state index contributed by atoms with van der Waals surface area (Å²) in [6.07, 6.45) is 0. The zero-order chi connectivity index (χ0) is 18.4. The van der Waals surface area contributed by atoms with E-state index in [2.05, 4.69) is 0 Å². The number of benzene rings is 2. The van der Waals surface area contributed by atoms with E-state index in [4.69, 9.17) is 14.2 Å². The molecule has 0 spiro atoms. The van der Waals surface area contributed by atoms with E-state index < -0.39 is 17.9 Å². The average molecular weight is 344 g/mol. The van der Waals surface area contributed by atoms with Crippen LogP contribution in [-0.4, -0.2) is 36.9 Å². The quantitative estimate of drug-likeness (QED) is 0.488. The molecule has 2 aromatic rings. The topological polar surface area (TPSA) is 99.1 Å². The molecule has 0 aliphatic heterocycles. The van der Waals surface area contributed by atoms with Crippen LogP contribution in [0.5, 0.6) is 5.75 Å². The van der Waals surface area contributed by atoms with Gasteiger partial charge in [-0.2, -0.15) is 0 Å². The fraction of sp³-hybridized carbons (Fsp3) is 0.167. The van der Waals surface area contributed by atoms with Gasteiger partial charge >= 0.3 is 17.9 Å². The third-order valence-electron chi connectivity index (χ3n) is 3.23. The predicted molar refractivity (Wildman–Crippen MR) is 87.4 cm³/mol. The van der Waals surface area contributed by atoms with Crippen molar-refractivity contribution in [3.8, 4) is 16.9 Å². The number of hydrogen-bond acceptors (Lipinski definition) is 6. The minimum atomic E-state index is -1.18. The second-order valence-corrected chi connectivity index (χ2v) is 4.99. The van der Waals surface area contributed by atoms with Gasteiger partial charge in [-0.3, -0.25) is 4.79 Å². The van der Waals surface area contributed by atoms with Gasteiger partial charge in [0, 0.05) is 19.6 Å². The lowest BCUT2D eigenvalue weighted by Crippen LogP contribution is -2.10. The number of aromatic carboxylic acids is 1. The van der Waals surface area contributed by atoms with E-state index in [1.54, 1.807) is 18.2 Å². The summed E-state index contributed by atoms with van der Waals surface area (Å²) in [5.74, 6) is -2.20. The Morgan fingerprint density at radius 1 is 1.00 bits per heavy atom. The highest BCUT2D eigenvalue weighted by atomic mass is 16.7. The van der Waals surface area contributed by atoms with Crippen LogP contribution in [0.3, 0.4) is 0 Å². The van der Waals surface area contributed by atoms with Crippen LogP contribution in [0.25, 0.3) is 11.1 Å². The molecule has 2 rings (SSSR count). The van der Waals surface area contributed by atoms with Crippen molar-refractivity contribution < 1.29 is 33.7 Å². The SMILES string of the molecule is COCOC(=O)c1ccccc1-c1cc(OC(C)=O)ccc1C(=O)O. The molecule has 0 radical (unpaired) electrons. The van der Waals surface area contributed by atoms with Gasteiger partial charge in [0.2, 0.25) is 0 Å². The molecule has 0 unspecified atom stereocenters. The number of hydrogen-bond donors (Lipinski definition) is 1. The van der Waals surface area contributed by atoms with Crippen LogP contribution >= 0.6 is 0 Å². The van der Waals surface area contributed by atoms with Crippen molar-refractivity contribution in [3.63, 3.8) is 0 Å². The number of carbonyl (C=O) groups is 3. The van der Waals surface area contributed by atoms with Crippen LogP contribution in [0.4, 0.5) is 0 Å². The van der Waals surface area contributed by atoms with E-state index >= 15 is 0 Å². The van der Waals surface area contributed by atoms with E-state index in [0.29, 0.717) is 5.56 Å². The van der Waals surface area contributed by atoms with Gasteiger partial charge in [0.15, 0.2) is 6.79 Å². The monoisotopic (exact) mass is 344 g/mol. The van der Waals surface area contributed by atoms with Crippen LogP contribution in [0.15, 0.2) is 42.5 Å². The maximum absolute atomic E-state index is 12.2. The van der Waals surface area contributed by atoms with Crippen molar-refractivity contribution in [2.24, 2.45) is 0 Å². The summed E-state index contributed by atoms with van der Waals surface area (Å²) in [5.41, 5.74) is 0.705. The summed E-state index contributed by atoms with van der Waals surface area (Å²) in [5, 5.41) is 9.43. The second kappa shape index (κ2) is 8.07. The van der Waals surface area contributed by atoms with Crippen molar-refractivity contribution >= 4 is 17.9 Å². The molecule has 130 valence electrons. The lowest BCUT2D eigenvalue weighted by Gasteiger charge is -2.13. The van der Waals surface area contributed by atoms with Crippen LogP contribution in [-0.2, 0) is 14.3 Å². The number of carbonyl (C=O) groups excluding carboxylic acids is 2. The minimum Gasteiger partial charge on any atom is -0.478 e. The first kappa shape index (κ1) is 18.2. The van der Waals surface area contributed by atoms with Gasteiger partial charge in [-0.1, -0.05) is 18.2 Å². The van der Waals surface area contributed by atoms with E-state index in [0.717, 1.165) is 0 Å². The number of carboxylic acid groups (broad SMARTS) is 1. The first-order valence-electron chi connectivity index (χ1n) is 7.25. The van der Waals surface area contributed by atoms with Gasteiger partial charge in [-0.25, -0.2) is 9.59 Å². The maximum atomic E-state index is 12.2. The Bertz CT molecular complexity index is 811. The summed E-state index contributed by atoms with van der Waals surface area (Å²) >= 11 is 0. The normalized spacial score (nSPS) is 10.2. The molecular formula is C18H16O7. The molecule has 0 fully saturated rings. The summed E-state index contributed by atoms with van der Waals surface area (Å²) < 4.78 is 14.7. The van der Waals surface area contributed by atoms with Gasteiger partial charge in [-0.05, 0) is 29.8 Å². The Balaban J connectivity index is 2.58. The Morgan fingerprint density at radius 2 is 1.72 bits per heavy atom. The molecular weight excluding hydrogens is 328 g/mol. The lowest BCUT2D eigenvalue weighted by molar-refractivity contribution is -0.131. The van der Waals surface area contributed by atoms with Crippen molar-refractivity contribution in [1.29, 1.82) is 0 Å². The van der Waals surface area contributed by atoms with Gasteiger partial charge in [0.25, 0.3) is 0 Å². The van der Waals surface area contributed by atoms with Crippen molar-refractivity contribution in [2.45, 2.75) is 6.92 Å². The Morgan fingerprint density at radius 3 is 2.36 bits per heavy atom. The maximum Gasteiger partial charge on any atom is 0.340 e. The van der Waals surface area contributed by atoms with Crippen molar-refractivity contribution in [2.75, 3.05) is 13.9 Å². The first-order chi connectivity index (χ1) is 11.9. The van der Waals surface area contributed by atoms with E-state index in [-0.39, 0.29) is 29.2 Å². The molecule has 0 amide bonds. The minimum absolute atomic E-state index is 0.0390. The van der Waals surface area contributed by atoms with E-state index in [9.17, 15) is 19.5 Å². The Labute approximate surface area is 143 Å². The summed E-state index contributed by atoms with van der Waals surface area (Å²) in [6.45, 7) is 1.01. The number of methoxy groups -OCH3 is 1. The number of carboxylic acids is 1. The molecule has 0 saturated heterocycles. The van der Waals surface area contributed by atoms with Gasteiger partial charge in [0.1, 0.15) is 5.75 Å². The zero-order valence-electron chi connectivity index (χ0n) is 13.6. The number of ether oxygens (including phenoxy) is 3. The summed E-state index contributed by atoms with van der Waals surface area (Å²) in [4.78, 5) is 34.9. The molecule has 0 heterocycles. The Hall–Kier alpha value is -3.19. The fourth-order valence-electron chi connectivity index (χ4n) is 2.25. The molecule has 0 bridgehead atoms. The highest BCUT2D eigenvalue weighted by molar-refractivity contribution is 6.03. The third kappa shape index (κ3) is 4.42. The molecule has 25 heavy (non-hydrogen) atoms. The lowest BCUT2D eigenvalue weighted by atomic mass is 9.95. The zero-order valence-corrected chi connectivity index (χ0v) is 13.6. The number of esters is 2. The van der Waals surface area contributed by atoms with Gasteiger partial charge in [0.05, 0.1) is 11.1 Å². The predicted octanol–water partition coefficient (Wildman–Crippen LogP) is 2.74.